The minimum Gasteiger partial charge on any atom is -0.471 e. The Morgan fingerprint density at radius 2 is 2.31 bits per heavy atom. The van der Waals surface area contributed by atoms with Gasteiger partial charge in [0.25, 0.3) is 0 Å². The SMILES string of the molecule is CC(C#N)Oc1c(N)cccc1F. The van der Waals surface area contributed by atoms with Crippen LogP contribution in [0.25, 0.3) is 0 Å². The van der Waals surface area contributed by atoms with Gasteiger partial charge in [0.1, 0.15) is 6.07 Å². The van der Waals surface area contributed by atoms with Crippen molar-refractivity contribution >= 4 is 5.69 Å². The van der Waals surface area contributed by atoms with Gasteiger partial charge in [0.15, 0.2) is 17.7 Å². The fraction of sp³-hybridized carbons (Fsp3) is 0.222. The van der Waals surface area contributed by atoms with Gasteiger partial charge in [0.2, 0.25) is 0 Å². The summed E-state index contributed by atoms with van der Waals surface area (Å²) in [5.74, 6) is -0.612. The minimum absolute atomic E-state index is 0.0587. The number of nitrogens with zero attached hydrogens (tertiary/aromatic N) is 1. The van der Waals surface area contributed by atoms with E-state index in [2.05, 4.69) is 0 Å². The third-order valence-corrected chi connectivity index (χ3v) is 1.47. The summed E-state index contributed by atoms with van der Waals surface area (Å²) in [6.45, 7) is 1.52. The molecule has 0 aromatic heterocycles. The van der Waals surface area contributed by atoms with Gasteiger partial charge in [0.05, 0.1) is 5.69 Å². The molecular weight excluding hydrogens is 171 g/mol. The van der Waals surface area contributed by atoms with E-state index in [1.54, 1.807) is 0 Å². The van der Waals surface area contributed by atoms with Gasteiger partial charge < -0.3 is 10.5 Å². The van der Waals surface area contributed by atoms with Crippen LogP contribution in [0.1, 0.15) is 6.92 Å². The molecule has 2 N–H and O–H groups in total. The van der Waals surface area contributed by atoms with Crippen LogP contribution >= 0.6 is 0 Å². The fourth-order valence-corrected chi connectivity index (χ4v) is 0.853. The number of ether oxygens (including phenoxy) is 1. The predicted octanol–water partition coefficient (Wildman–Crippen LogP) is 1.70. The van der Waals surface area contributed by atoms with Crippen LogP contribution in [0.2, 0.25) is 0 Å². The molecule has 68 valence electrons. The van der Waals surface area contributed by atoms with Crippen molar-refractivity contribution in [1.82, 2.24) is 0 Å². The van der Waals surface area contributed by atoms with Crippen LogP contribution in [0.5, 0.6) is 5.75 Å². The lowest BCUT2D eigenvalue weighted by Gasteiger charge is -2.10. The highest BCUT2D eigenvalue weighted by Gasteiger charge is 2.10. The number of nitrogen functional groups attached to an aromatic ring is 1. The zero-order valence-corrected chi connectivity index (χ0v) is 7.12. The minimum atomic E-state index is -0.709. The molecular formula is C9H9FN2O. The van der Waals surface area contributed by atoms with Gasteiger partial charge in [-0.05, 0) is 19.1 Å². The van der Waals surface area contributed by atoms with E-state index in [1.807, 2.05) is 6.07 Å². The maximum absolute atomic E-state index is 13.0. The van der Waals surface area contributed by atoms with Gasteiger partial charge in [-0.1, -0.05) is 6.07 Å². The fourth-order valence-electron chi connectivity index (χ4n) is 0.853. The van der Waals surface area contributed by atoms with Crippen molar-refractivity contribution in [3.05, 3.63) is 24.0 Å². The Morgan fingerprint density at radius 1 is 1.62 bits per heavy atom. The van der Waals surface area contributed by atoms with Crippen LogP contribution in [-0.2, 0) is 0 Å². The molecule has 0 aliphatic heterocycles. The summed E-state index contributed by atoms with van der Waals surface area (Å²) < 4.78 is 18.0. The van der Waals surface area contributed by atoms with Gasteiger partial charge in [-0.3, -0.25) is 0 Å². The summed E-state index contributed by atoms with van der Waals surface area (Å²) in [5.41, 5.74) is 5.65. The zero-order valence-electron chi connectivity index (χ0n) is 7.12. The molecule has 0 heterocycles. The summed E-state index contributed by atoms with van der Waals surface area (Å²) in [7, 11) is 0. The van der Waals surface area contributed by atoms with Gasteiger partial charge >= 0.3 is 0 Å². The number of hydrogen-bond acceptors (Lipinski definition) is 3. The van der Waals surface area contributed by atoms with Crippen molar-refractivity contribution in [3.8, 4) is 11.8 Å². The number of rotatable bonds is 2. The Bertz CT molecular complexity index is 326. The van der Waals surface area contributed by atoms with Crippen molar-refractivity contribution in [2.24, 2.45) is 0 Å². The Morgan fingerprint density at radius 3 is 2.85 bits per heavy atom. The Hall–Kier alpha value is -1.76. The summed E-state index contributed by atoms with van der Waals surface area (Å²) in [6, 6.07) is 6.05. The first-order valence-corrected chi connectivity index (χ1v) is 3.75. The molecule has 0 aliphatic carbocycles. The molecule has 0 saturated heterocycles. The molecule has 0 radical (unpaired) electrons. The summed E-state index contributed by atoms with van der Waals surface area (Å²) in [4.78, 5) is 0. The molecule has 4 heteroatoms. The predicted molar refractivity (Wildman–Crippen MR) is 46.5 cm³/mol. The number of nitriles is 1. The van der Waals surface area contributed by atoms with Crippen molar-refractivity contribution in [2.75, 3.05) is 5.73 Å². The molecule has 0 saturated carbocycles. The van der Waals surface area contributed by atoms with Crippen molar-refractivity contribution in [2.45, 2.75) is 13.0 Å². The molecule has 0 fully saturated rings. The molecule has 1 unspecified atom stereocenters. The van der Waals surface area contributed by atoms with E-state index in [4.69, 9.17) is 15.7 Å². The number of para-hydroxylation sites is 1. The van der Waals surface area contributed by atoms with Crippen molar-refractivity contribution < 1.29 is 9.13 Å². The average Bonchev–Trinajstić information content (AvgIpc) is 2.11. The Labute approximate surface area is 75.5 Å². The van der Waals surface area contributed by atoms with Crippen LogP contribution in [-0.4, -0.2) is 6.10 Å². The van der Waals surface area contributed by atoms with Crippen LogP contribution in [0.4, 0.5) is 10.1 Å². The van der Waals surface area contributed by atoms with Crippen molar-refractivity contribution in [1.29, 1.82) is 5.26 Å². The highest BCUT2D eigenvalue weighted by molar-refractivity contribution is 5.53. The largest absolute Gasteiger partial charge is 0.471 e. The molecule has 0 bridgehead atoms. The first-order chi connectivity index (χ1) is 6.15. The number of halogens is 1. The maximum atomic E-state index is 13.0. The van der Waals surface area contributed by atoms with Crippen LogP contribution < -0.4 is 10.5 Å². The van der Waals surface area contributed by atoms with Crippen LogP contribution in [0.3, 0.4) is 0 Å². The quantitative estimate of drug-likeness (QED) is 0.704. The molecule has 1 atom stereocenters. The van der Waals surface area contributed by atoms with E-state index in [9.17, 15) is 4.39 Å². The smallest absolute Gasteiger partial charge is 0.181 e. The lowest BCUT2D eigenvalue weighted by atomic mass is 10.3. The Kier molecular flexibility index (Phi) is 2.70. The van der Waals surface area contributed by atoms with E-state index in [1.165, 1.54) is 25.1 Å². The second-order valence-corrected chi connectivity index (χ2v) is 2.55. The number of benzene rings is 1. The van der Waals surface area contributed by atoms with Gasteiger partial charge in [-0.25, -0.2) is 4.39 Å². The summed E-state index contributed by atoms with van der Waals surface area (Å²) in [6.07, 6.45) is -0.709. The van der Waals surface area contributed by atoms with E-state index in [-0.39, 0.29) is 11.4 Å². The van der Waals surface area contributed by atoms with Gasteiger partial charge in [0, 0.05) is 0 Å². The topological polar surface area (TPSA) is 59.0 Å². The highest BCUT2D eigenvalue weighted by atomic mass is 19.1. The molecule has 0 aliphatic rings. The second kappa shape index (κ2) is 3.76. The number of anilines is 1. The second-order valence-electron chi connectivity index (χ2n) is 2.55. The summed E-state index contributed by atoms with van der Waals surface area (Å²) >= 11 is 0. The first-order valence-electron chi connectivity index (χ1n) is 3.75. The molecule has 1 rings (SSSR count). The molecule has 1 aromatic carbocycles. The molecule has 13 heavy (non-hydrogen) atoms. The molecule has 0 spiro atoms. The third-order valence-electron chi connectivity index (χ3n) is 1.47. The van der Waals surface area contributed by atoms with Crippen LogP contribution in [0.15, 0.2) is 18.2 Å². The zero-order chi connectivity index (χ0) is 9.84. The van der Waals surface area contributed by atoms with E-state index < -0.39 is 11.9 Å². The lowest BCUT2D eigenvalue weighted by Crippen LogP contribution is -2.10. The number of nitrogens with two attached hydrogens (primary N) is 1. The van der Waals surface area contributed by atoms with Crippen molar-refractivity contribution in [3.63, 3.8) is 0 Å². The maximum Gasteiger partial charge on any atom is 0.181 e. The normalized spacial score (nSPS) is 11.8. The summed E-state index contributed by atoms with van der Waals surface area (Å²) in [5, 5.41) is 8.44. The molecule has 0 amide bonds. The highest BCUT2D eigenvalue weighted by Crippen LogP contribution is 2.25. The van der Waals surface area contributed by atoms with E-state index in [0.717, 1.165) is 0 Å². The standard InChI is InChI=1S/C9H9FN2O/c1-6(5-11)13-9-7(10)3-2-4-8(9)12/h2-4,6H,12H2,1H3. The van der Waals surface area contributed by atoms with Gasteiger partial charge in [-0.15, -0.1) is 0 Å². The molecule has 1 aromatic rings. The average molecular weight is 180 g/mol. The van der Waals surface area contributed by atoms with E-state index >= 15 is 0 Å². The monoisotopic (exact) mass is 180 g/mol. The van der Waals surface area contributed by atoms with Crippen LogP contribution in [0, 0.1) is 17.1 Å². The first kappa shape index (κ1) is 9.33. The lowest BCUT2D eigenvalue weighted by molar-refractivity contribution is 0.265. The van der Waals surface area contributed by atoms with Gasteiger partial charge in [-0.2, -0.15) is 5.26 Å². The van der Waals surface area contributed by atoms with E-state index in [0.29, 0.717) is 0 Å². The number of hydrogen-bond donors (Lipinski definition) is 1. The third kappa shape index (κ3) is 2.09. The molecule has 3 nitrogen and oxygen atoms in total. The Balaban J connectivity index is 2.95.